The van der Waals surface area contributed by atoms with E-state index in [1.165, 1.54) is 0 Å². The van der Waals surface area contributed by atoms with Gasteiger partial charge in [0.15, 0.2) is 0 Å². The molecule has 2 N–H and O–H groups in total. The van der Waals surface area contributed by atoms with E-state index < -0.39 is 0 Å². The second-order valence-electron chi connectivity index (χ2n) is 5.38. The molecule has 124 valence electrons. The summed E-state index contributed by atoms with van der Waals surface area (Å²) in [5.41, 5.74) is 2.36. The van der Waals surface area contributed by atoms with Crippen molar-refractivity contribution in [2.45, 2.75) is 39.2 Å². The highest BCUT2D eigenvalue weighted by Gasteiger charge is 2.21. The van der Waals surface area contributed by atoms with Crippen molar-refractivity contribution < 1.29 is 14.4 Å². The molecule has 0 radical (unpaired) electrons. The average Bonchev–Trinajstić information content (AvgIpc) is 2.98. The quantitative estimate of drug-likeness (QED) is 0.783. The molecule has 1 aliphatic rings. The second kappa shape index (κ2) is 7.97. The summed E-state index contributed by atoms with van der Waals surface area (Å²) in [5, 5.41) is 9.86. The third-order valence-corrected chi connectivity index (χ3v) is 4.00. The zero-order chi connectivity index (χ0) is 16.8. The maximum absolute atomic E-state index is 11.9. The molecule has 23 heavy (non-hydrogen) atoms. The number of carbonyl (C=O) groups is 2. The van der Waals surface area contributed by atoms with E-state index in [0.717, 1.165) is 17.7 Å². The molecule has 0 saturated heterocycles. The highest BCUT2D eigenvalue weighted by Crippen LogP contribution is 2.22. The summed E-state index contributed by atoms with van der Waals surface area (Å²) in [6.07, 6.45) is 1.16. The highest BCUT2D eigenvalue weighted by atomic mass is 35.5. The normalized spacial score (nSPS) is 16.5. The Hall–Kier alpha value is -2.08. The lowest BCUT2D eigenvalue weighted by atomic mass is 10.1. The van der Waals surface area contributed by atoms with Crippen LogP contribution in [0, 0.1) is 6.92 Å². The van der Waals surface area contributed by atoms with Crippen LogP contribution in [0.25, 0.3) is 0 Å². The zero-order valence-electron chi connectivity index (χ0n) is 13.2. The van der Waals surface area contributed by atoms with Gasteiger partial charge in [-0.05, 0) is 31.0 Å². The summed E-state index contributed by atoms with van der Waals surface area (Å²) in [6.45, 7) is 4.15. The molecule has 0 fully saturated rings. The van der Waals surface area contributed by atoms with E-state index in [1.54, 1.807) is 25.1 Å². The Kier molecular flexibility index (Phi) is 5.98. The number of rotatable bonds is 6. The predicted molar refractivity (Wildman–Crippen MR) is 89.7 cm³/mol. The van der Waals surface area contributed by atoms with Crippen molar-refractivity contribution in [3.05, 3.63) is 28.8 Å². The van der Waals surface area contributed by atoms with Crippen LogP contribution in [0.3, 0.4) is 0 Å². The Bertz CT molecular complexity index is 631. The summed E-state index contributed by atoms with van der Waals surface area (Å²) < 4.78 is 0. The first-order valence-electron chi connectivity index (χ1n) is 7.52. The van der Waals surface area contributed by atoms with Gasteiger partial charge in [-0.1, -0.05) is 29.7 Å². The number of nitrogens with zero attached hydrogens (tertiary/aromatic N) is 1. The van der Waals surface area contributed by atoms with Crippen LogP contribution in [-0.4, -0.2) is 30.2 Å². The van der Waals surface area contributed by atoms with Gasteiger partial charge in [-0.3, -0.25) is 9.59 Å². The molecule has 1 aromatic carbocycles. The van der Waals surface area contributed by atoms with E-state index in [1.807, 2.05) is 6.92 Å². The molecule has 2 amide bonds. The number of anilines is 1. The molecule has 7 heteroatoms. The Morgan fingerprint density at radius 2 is 2.17 bits per heavy atom. The SMILES string of the molecule is CCC1=NOC(CNC(=O)CC(=O)Nc2cccc(Cl)c2C)C1. The van der Waals surface area contributed by atoms with Crippen LogP contribution in [0.15, 0.2) is 23.4 Å². The van der Waals surface area contributed by atoms with E-state index in [9.17, 15) is 9.59 Å². The molecule has 1 atom stereocenters. The second-order valence-corrected chi connectivity index (χ2v) is 5.79. The number of amides is 2. The topological polar surface area (TPSA) is 79.8 Å². The van der Waals surface area contributed by atoms with Gasteiger partial charge in [0.2, 0.25) is 11.8 Å². The number of hydrogen-bond donors (Lipinski definition) is 2. The van der Waals surface area contributed by atoms with Crippen LogP contribution in [0.4, 0.5) is 5.69 Å². The number of nitrogens with one attached hydrogen (secondary N) is 2. The Morgan fingerprint density at radius 1 is 1.39 bits per heavy atom. The molecule has 0 aromatic heterocycles. The molecule has 1 heterocycles. The molecule has 0 saturated carbocycles. The first-order chi connectivity index (χ1) is 11.0. The smallest absolute Gasteiger partial charge is 0.233 e. The number of benzene rings is 1. The Balaban J connectivity index is 1.75. The minimum absolute atomic E-state index is 0.146. The number of oxime groups is 1. The molecule has 1 unspecified atom stereocenters. The van der Waals surface area contributed by atoms with Crippen LogP contribution in [0.1, 0.15) is 31.7 Å². The van der Waals surface area contributed by atoms with Crippen molar-refractivity contribution in [1.82, 2.24) is 5.32 Å². The van der Waals surface area contributed by atoms with E-state index in [0.29, 0.717) is 23.7 Å². The molecule has 1 aliphatic heterocycles. The van der Waals surface area contributed by atoms with Crippen molar-refractivity contribution in [3.63, 3.8) is 0 Å². The lowest BCUT2D eigenvalue weighted by Gasteiger charge is -2.11. The van der Waals surface area contributed by atoms with E-state index in [-0.39, 0.29) is 24.3 Å². The molecule has 1 aromatic rings. The fourth-order valence-electron chi connectivity index (χ4n) is 2.18. The van der Waals surface area contributed by atoms with Gasteiger partial charge >= 0.3 is 0 Å². The lowest BCUT2D eigenvalue weighted by molar-refractivity contribution is -0.127. The van der Waals surface area contributed by atoms with Crippen LogP contribution >= 0.6 is 11.6 Å². The summed E-state index contributed by atoms with van der Waals surface area (Å²) >= 11 is 5.99. The average molecular weight is 338 g/mol. The fraction of sp³-hybridized carbons (Fsp3) is 0.438. The van der Waals surface area contributed by atoms with Gasteiger partial charge in [0.1, 0.15) is 12.5 Å². The standard InChI is InChI=1S/C16H20ClN3O3/c1-3-11-7-12(23-20-11)9-18-15(21)8-16(22)19-14-6-4-5-13(17)10(14)2/h4-6,12H,3,7-9H2,1-2H3,(H,18,21)(H,19,22). The zero-order valence-corrected chi connectivity index (χ0v) is 13.9. The minimum Gasteiger partial charge on any atom is -0.390 e. The van der Waals surface area contributed by atoms with Gasteiger partial charge in [-0.15, -0.1) is 0 Å². The molecule has 0 bridgehead atoms. The van der Waals surface area contributed by atoms with Crippen LogP contribution < -0.4 is 10.6 Å². The van der Waals surface area contributed by atoms with Crippen molar-refractivity contribution in [3.8, 4) is 0 Å². The van der Waals surface area contributed by atoms with Gasteiger partial charge in [0.05, 0.1) is 12.3 Å². The highest BCUT2D eigenvalue weighted by molar-refractivity contribution is 6.31. The molecular formula is C16H20ClN3O3. The summed E-state index contributed by atoms with van der Waals surface area (Å²) in [6, 6.07) is 5.23. The van der Waals surface area contributed by atoms with Gasteiger partial charge < -0.3 is 15.5 Å². The Morgan fingerprint density at radius 3 is 2.87 bits per heavy atom. The first-order valence-corrected chi connectivity index (χ1v) is 7.90. The van der Waals surface area contributed by atoms with Gasteiger partial charge in [-0.25, -0.2) is 0 Å². The van der Waals surface area contributed by atoms with Crippen molar-refractivity contribution >= 4 is 34.8 Å². The lowest BCUT2D eigenvalue weighted by Crippen LogP contribution is -2.34. The van der Waals surface area contributed by atoms with Crippen molar-refractivity contribution in [2.75, 3.05) is 11.9 Å². The van der Waals surface area contributed by atoms with Crippen molar-refractivity contribution in [1.29, 1.82) is 0 Å². The number of carbonyl (C=O) groups excluding carboxylic acids is 2. The van der Waals surface area contributed by atoms with E-state index >= 15 is 0 Å². The summed E-state index contributed by atoms with van der Waals surface area (Å²) in [4.78, 5) is 28.9. The first kappa shape index (κ1) is 17.3. The summed E-state index contributed by atoms with van der Waals surface area (Å²) in [7, 11) is 0. The third kappa shape index (κ3) is 4.96. The molecule has 0 spiro atoms. The van der Waals surface area contributed by atoms with Crippen LogP contribution in [0.5, 0.6) is 0 Å². The molecule has 2 rings (SSSR count). The Labute approximate surface area is 140 Å². The van der Waals surface area contributed by atoms with Crippen LogP contribution in [-0.2, 0) is 14.4 Å². The number of hydrogen-bond acceptors (Lipinski definition) is 4. The molecular weight excluding hydrogens is 318 g/mol. The van der Waals surface area contributed by atoms with Gasteiger partial charge in [0.25, 0.3) is 0 Å². The predicted octanol–water partition coefficient (Wildman–Crippen LogP) is 2.65. The minimum atomic E-state index is -0.384. The van der Waals surface area contributed by atoms with Crippen molar-refractivity contribution in [2.24, 2.45) is 5.16 Å². The number of halogens is 1. The van der Waals surface area contributed by atoms with Gasteiger partial charge in [-0.2, -0.15) is 0 Å². The maximum atomic E-state index is 11.9. The third-order valence-electron chi connectivity index (χ3n) is 3.59. The summed E-state index contributed by atoms with van der Waals surface area (Å²) in [5.74, 6) is -0.735. The largest absolute Gasteiger partial charge is 0.390 e. The van der Waals surface area contributed by atoms with Gasteiger partial charge in [0, 0.05) is 17.1 Å². The molecule has 0 aliphatic carbocycles. The van der Waals surface area contributed by atoms with Crippen LogP contribution in [0.2, 0.25) is 5.02 Å². The fourth-order valence-corrected chi connectivity index (χ4v) is 2.35. The van der Waals surface area contributed by atoms with E-state index in [2.05, 4.69) is 15.8 Å². The molecule has 6 nitrogen and oxygen atoms in total. The van der Waals surface area contributed by atoms with E-state index in [4.69, 9.17) is 16.4 Å². The monoisotopic (exact) mass is 337 g/mol. The maximum Gasteiger partial charge on any atom is 0.233 e.